The lowest BCUT2D eigenvalue weighted by atomic mass is 9.69. The quantitative estimate of drug-likeness (QED) is 0.439. The molecule has 1 N–H and O–H groups in total. The minimum Gasteiger partial charge on any atom is -0.330 e. The van der Waals surface area contributed by atoms with Crippen LogP contribution in [-0.2, 0) is 5.54 Å². The van der Waals surface area contributed by atoms with E-state index in [9.17, 15) is 4.79 Å². The SMILES string of the molecule is CN(C)[C@]1(c2ccccc2)CC[C@]2(CC1)CN(c1cnc(-c3ccc4ncsc4c3)nc1)C(=O)N2. The van der Waals surface area contributed by atoms with Gasteiger partial charge in [-0.2, -0.15) is 0 Å². The van der Waals surface area contributed by atoms with E-state index in [2.05, 4.69) is 75.7 Å². The molecule has 4 aromatic rings. The average Bonchev–Trinajstić information content (AvgIpc) is 3.49. The number of rotatable bonds is 4. The van der Waals surface area contributed by atoms with Gasteiger partial charge in [-0.1, -0.05) is 30.3 Å². The molecule has 8 heteroatoms. The third kappa shape index (κ3) is 3.77. The monoisotopic (exact) mass is 484 g/mol. The van der Waals surface area contributed by atoms with E-state index < -0.39 is 0 Å². The van der Waals surface area contributed by atoms with Crippen molar-refractivity contribution in [3.8, 4) is 11.4 Å². The van der Waals surface area contributed by atoms with Crippen LogP contribution in [0.1, 0.15) is 31.2 Å². The summed E-state index contributed by atoms with van der Waals surface area (Å²) in [5, 5.41) is 3.32. The van der Waals surface area contributed by atoms with Gasteiger partial charge in [0.1, 0.15) is 0 Å². The number of anilines is 1. The number of nitrogens with one attached hydrogen (secondary N) is 1. The number of nitrogens with zero attached hydrogens (tertiary/aromatic N) is 5. The van der Waals surface area contributed by atoms with Crippen LogP contribution in [-0.4, -0.2) is 52.1 Å². The fourth-order valence-electron chi connectivity index (χ4n) is 5.69. The van der Waals surface area contributed by atoms with Crippen molar-refractivity contribution < 1.29 is 4.79 Å². The van der Waals surface area contributed by atoms with Crippen molar-refractivity contribution in [2.75, 3.05) is 25.5 Å². The van der Waals surface area contributed by atoms with E-state index >= 15 is 0 Å². The molecular formula is C27H28N6OS. The first-order valence-electron chi connectivity index (χ1n) is 12.0. The Morgan fingerprint density at radius 3 is 2.43 bits per heavy atom. The Kier molecular flexibility index (Phi) is 5.30. The van der Waals surface area contributed by atoms with E-state index in [1.165, 1.54) is 5.56 Å². The Bertz CT molecular complexity index is 1360. The summed E-state index contributed by atoms with van der Waals surface area (Å²) in [5.41, 5.74) is 5.62. The van der Waals surface area contributed by atoms with Gasteiger partial charge < -0.3 is 5.32 Å². The third-order valence-corrected chi connectivity index (χ3v) is 8.61. The number of carbonyl (C=O) groups is 1. The van der Waals surface area contributed by atoms with E-state index in [1.807, 2.05) is 17.6 Å². The molecule has 0 atom stereocenters. The second-order valence-electron chi connectivity index (χ2n) is 9.89. The lowest BCUT2D eigenvalue weighted by Gasteiger charge is -2.48. The topological polar surface area (TPSA) is 74.2 Å². The van der Waals surface area contributed by atoms with Crippen molar-refractivity contribution in [2.24, 2.45) is 0 Å². The first kappa shape index (κ1) is 22.1. The molecule has 1 saturated carbocycles. The highest BCUT2D eigenvalue weighted by molar-refractivity contribution is 7.16. The van der Waals surface area contributed by atoms with E-state index in [-0.39, 0.29) is 17.1 Å². The molecule has 2 amide bonds. The molecule has 3 heterocycles. The van der Waals surface area contributed by atoms with Gasteiger partial charge in [-0.05, 0) is 63.5 Å². The molecule has 2 aromatic heterocycles. The molecular weight excluding hydrogens is 456 g/mol. The van der Waals surface area contributed by atoms with Crippen LogP contribution < -0.4 is 10.2 Å². The van der Waals surface area contributed by atoms with Crippen molar-refractivity contribution in [3.05, 3.63) is 72.0 Å². The van der Waals surface area contributed by atoms with Crippen molar-refractivity contribution in [1.82, 2.24) is 25.2 Å². The highest BCUT2D eigenvalue weighted by Gasteiger charge is 2.50. The first-order valence-corrected chi connectivity index (χ1v) is 12.8. The van der Waals surface area contributed by atoms with Crippen molar-refractivity contribution >= 4 is 33.3 Å². The smallest absolute Gasteiger partial charge is 0.322 e. The summed E-state index contributed by atoms with van der Waals surface area (Å²) in [6.45, 7) is 0.639. The second-order valence-corrected chi connectivity index (χ2v) is 10.8. The van der Waals surface area contributed by atoms with E-state index in [0.29, 0.717) is 12.4 Å². The molecule has 1 spiro atoms. The number of amides is 2. The molecule has 178 valence electrons. The summed E-state index contributed by atoms with van der Waals surface area (Å²) in [4.78, 5) is 30.7. The van der Waals surface area contributed by atoms with Crippen molar-refractivity contribution in [3.63, 3.8) is 0 Å². The number of hydrogen-bond donors (Lipinski definition) is 1. The normalized spacial score (nSPS) is 24.4. The van der Waals surface area contributed by atoms with E-state index in [4.69, 9.17) is 0 Å². The standard InChI is InChI=1S/C27H28N6OS/c1-32(2)27(20-6-4-3-5-7-20)12-10-26(11-13-27)17-33(25(34)31-26)21-15-28-24(29-16-21)19-8-9-22-23(14-19)35-18-30-22/h3-9,14-16,18H,10-13,17H2,1-2H3,(H,31,34)/t26-,27+. The number of carbonyl (C=O) groups excluding carboxylic acids is 1. The van der Waals surface area contributed by atoms with Gasteiger partial charge in [-0.15, -0.1) is 11.3 Å². The molecule has 2 aromatic carbocycles. The molecule has 1 aliphatic heterocycles. The lowest BCUT2D eigenvalue weighted by Crippen LogP contribution is -2.54. The zero-order valence-corrected chi connectivity index (χ0v) is 20.8. The second kappa shape index (κ2) is 8.39. The summed E-state index contributed by atoms with van der Waals surface area (Å²) in [5.74, 6) is 0.648. The minimum absolute atomic E-state index is 0.00535. The summed E-state index contributed by atoms with van der Waals surface area (Å²) in [7, 11) is 4.33. The number of fused-ring (bicyclic) bond motifs is 1. The van der Waals surface area contributed by atoms with Crippen LogP contribution >= 0.6 is 11.3 Å². The Balaban J connectivity index is 1.20. The predicted molar refractivity (Wildman–Crippen MR) is 140 cm³/mol. The molecule has 2 fully saturated rings. The molecule has 1 saturated heterocycles. The highest BCUT2D eigenvalue weighted by Crippen LogP contribution is 2.46. The zero-order chi connectivity index (χ0) is 24.0. The molecule has 6 rings (SSSR count). The number of hydrogen-bond acceptors (Lipinski definition) is 6. The van der Waals surface area contributed by atoms with Gasteiger partial charge in [-0.3, -0.25) is 9.80 Å². The van der Waals surface area contributed by atoms with Gasteiger partial charge >= 0.3 is 6.03 Å². The maximum absolute atomic E-state index is 13.0. The maximum atomic E-state index is 13.0. The van der Waals surface area contributed by atoms with Crippen LogP contribution in [0.5, 0.6) is 0 Å². The van der Waals surface area contributed by atoms with E-state index in [1.54, 1.807) is 28.6 Å². The molecule has 35 heavy (non-hydrogen) atoms. The molecule has 0 unspecified atom stereocenters. The predicted octanol–water partition coefficient (Wildman–Crippen LogP) is 5.05. The van der Waals surface area contributed by atoms with Crippen LogP contribution in [0, 0.1) is 0 Å². The van der Waals surface area contributed by atoms with Gasteiger partial charge in [-0.25, -0.2) is 19.7 Å². The summed E-state index contributed by atoms with van der Waals surface area (Å²) < 4.78 is 1.11. The van der Waals surface area contributed by atoms with Gasteiger partial charge in [0, 0.05) is 11.1 Å². The van der Waals surface area contributed by atoms with Crippen LogP contribution in [0.25, 0.3) is 21.6 Å². The zero-order valence-electron chi connectivity index (χ0n) is 19.9. The van der Waals surface area contributed by atoms with Crippen molar-refractivity contribution in [1.29, 1.82) is 0 Å². The van der Waals surface area contributed by atoms with Crippen LogP contribution in [0.15, 0.2) is 66.4 Å². The summed E-state index contributed by atoms with van der Waals surface area (Å²) in [6.07, 6.45) is 7.36. The Morgan fingerprint density at radius 2 is 1.71 bits per heavy atom. The Labute approximate surface area is 208 Å². The van der Waals surface area contributed by atoms with Crippen molar-refractivity contribution in [2.45, 2.75) is 36.8 Å². The number of thiazole rings is 1. The van der Waals surface area contributed by atoms with Gasteiger partial charge in [0.25, 0.3) is 0 Å². The van der Waals surface area contributed by atoms with Gasteiger partial charge in [0.05, 0.1) is 45.9 Å². The largest absolute Gasteiger partial charge is 0.330 e. The molecule has 1 aliphatic carbocycles. The number of urea groups is 1. The summed E-state index contributed by atoms with van der Waals surface area (Å²) in [6, 6.07) is 16.7. The Hall–Kier alpha value is -3.36. The highest BCUT2D eigenvalue weighted by atomic mass is 32.1. The van der Waals surface area contributed by atoms with Crippen LogP contribution in [0.2, 0.25) is 0 Å². The third-order valence-electron chi connectivity index (χ3n) is 7.82. The van der Waals surface area contributed by atoms with E-state index in [0.717, 1.165) is 47.2 Å². The fourth-order valence-corrected chi connectivity index (χ4v) is 6.40. The van der Waals surface area contributed by atoms with Crippen LogP contribution in [0.3, 0.4) is 0 Å². The lowest BCUT2D eigenvalue weighted by molar-refractivity contribution is 0.0658. The number of aromatic nitrogens is 3. The fraction of sp³-hybridized carbons (Fsp3) is 0.333. The molecule has 0 radical (unpaired) electrons. The molecule has 2 aliphatic rings. The maximum Gasteiger partial charge on any atom is 0.322 e. The van der Waals surface area contributed by atoms with Gasteiger partial charge in [0.15, 0.2) is 5.82 Å². The average molecular weight is 485 g/mol. The minimum atomic E-state index is -0.221. The Morgan fingerprint density at radius 1 is 0.971 bits per heavy atom. The first-order chi connectivity index (χ1) is 17.0. The van der Waals surface area contributed by atoms with Gasteiger partial charge in [0.2, 0.25) is 0 Å². The van der Waals surface area contributed by atoms with Crippen LogP contribution in [0.4, 0.5) is 10.5 Å². The number of benzene rings is 2. The molecule has 7 nitrogen and oxygen atoms in total. The summed E-state index contributed by atoms with van der Waals surface area (Å²) >= 11 is 1.60. The molecule has 0 bridgehead atoms.